The molecular weight excluding hydrogens is 404 g/mol. The number of nitrogens with one attached hydrogen (secondary N) is 2. The summed E-state index contributed by atoms with van der Waals surface area (Å²) in [6.07, 6.45) is 5.59. The molecule has 9 nitrogen and oxygen atoms in total. The van der Waals surface area contributed by atoms with Gasteiger partial charge in [-0.1, -0.05) is 19.3 Å². The Morgan fingerprint density at radius 1 is 0.935 bits per heavy atom. The number of urea groups is 1. The average Bonchev–Trinajstić information content (AvgIpc) is 3.01. The number of rotatable bonds is 7. The molecule has 1 saturated carbocycles. The fourth-order valence-corrected chi connectivity index (χ4v) is 3.55. The highest BCUT2D eigenvalue weighted by Gasteiger charge is 2.18. The summed E-state index contributed by atoms with van der Waals surface area (Å²) in [6, 6.07) is 4.39. The number of hydrogen-bond donors (Lipinski definition) is 2. The van der Waals surface area contributed by atoms with Crippen molar-refractivity contribution in [3.05, 3.63) is 23.8 Å². The molecule has 2 N–H and O–H groups in total. The topological polar surface area (TPSA) is 120 Å². The van der Waals surface area contributed by atoms with Crippen molar-refractivity contribution in [1.82, 2.24) is 10.6 Å². The molecule has 0 spiro atoms. The number of amides is 3. The number of carbonyl (C=O) groups excluding carboxylic acids is 4. The highest BCUT2D eigenvalue weighted by atomic mass is 16.5. The number of benzene rings is 1. The molecule has 31 heavy (non-hydrogen) atoms. The third-order valence-electron chi connectivity index (χ3n) is 5.18. The molecule has 1 aliphatic carbocycles. The quantitative estimate of drug-likeness (QED) is 0.502. The minimum absolute atomic E-state index is 0.0672. The summed E-state index contributed by atoms with van der Waals surface area (Å²) >= 11 is 0. The first-order valence-electron chi connectivity index (χ1n) is 10.7. The lowest BCUT2D eigenvalue weighted by atomic mass is 9.96. The van der Waals surface area contributed by atoms with E-state index in [-0.39, 0.29) is 24.7 Å². The van der Waals surface area contributed by atoms with E-state index in [1.807, 2.05) is 0 Å². The molecule has 1 aliphatic heterocycles. The number of imide groups is 1. The molecule has 0 radical (unpaired) electrons. The molecule has 0 unspecified atom stereocenters. The van der Waals surface area contributed by atoms with Gasteiger partial charge < -0.3 is 19.5 Å². The molecule has 1 aromatic carbocycles. The van der Waals surface area contributed by atoms with Crippen LogP contribution in [0, 0.1) is 0 Å². The monoisotopic (exact) mass is 432 g/mol. The van der Waals surface area contributed by atoms with E-state index in [4.69, 9.17) is 14.2 Å². The molecule has 0 saturated heterocycles. The molecule has 9 heteroatoms. The molecule has 2 aliphatic rings. The normalized spacial score (nSPS) is 16.0. The van der Waals surface area contributed by atoms with Gasteiger partial charge in [-0.25, -0.2) is 4.79 Å². The predicted octanol–water partition coefficient (Wildman–Crippen LogP) is 2.51. The van der Waals surface area contributed by atoms with Crippen molar-refractivity contribution < 1.29 is 33.4 Å². The smallest absolute Gasteiger partial charge is 0.321 e. The van der Waals surface area contributed by atoms with Crippen molar-refractivity contribution in [2.24, 2.45) is 0 Å². The Labute approximate surface area is 180 Å². The number of ketones is 1. The van der Waals surface area contributed by atoms with E-state index in [1.165, 1.54) is 0 Å². The van der Waals surface area contributed by atoms with E-state index in [0.29, 0.717) is 30.3 Å². The zero-order valence-corrected chi connectivity index (χ0v) is 17.4. The Morgan fingerprint density at radius 2 is 1.68 bits per heavy atom. The summed E-state index contributed by atoms with van der Waals surface area (Å²) in [6.45, 7) is 0.495. The van der Waals surface area contributed by atoms with Crippen LogP contribution in [0.4, 0.5) is 4.79 Å². The van der Waals surface area contributed by atoms with E-state index >= 15 is 0 Å². The third kappa shape index (κ3) is 7.27. The second kappa shape index (κ2) is 11.3. The van der Waals surface area contributed by atoms with Gasteiger partial charge in [0.2, 0.25) is 0 Å². The lowest BCUT2D eigenvalue weighted by molar-refractivity contribution is -0.148. The summed E-state index contributed by atoms with van der Waals surface area (Å²) < 4.78 is 16.0. The first kappa shape index (κ1) is 22.6. The second-order valence-electron chi connectivity index (χ2n) is 7.65. The lowest BCUT2D eigenvalue weighted by Crippen LogP contribution is -2.46. The molecule has 3 amide bonds. The van der Waals surface area contributed by atoms with Gasteiger partial charge in [-0.15, -0.1) is 0 Å². The Kier molecular flexibility index (Phi) is 8.26. The molecule has 0 aromatic heterocycles. The van der Waals surface area contributed by atoms with Crippen molar-refractivity contribution in [3.8, 4) is 11.5 Å². The van der Waals surface area contributed by atoms with Gasteiger partial charge in [0.15, 0.2) is 23.9 Å². The zero-order valence-electron chi connectivity index (χ0n) is 17.4. The zero-order chi connectivity index (χ0) is 22.1. The first-order valence-corrected chi connectivity index (χ1v) is 10.7. The van der Waals surface area contributed by atoms with Crippen LogP contribution in [0.25, 0.3) is 0 Å². The minimum atomic E-state index is -0.712. The molecule has 168 valence electrons. The van der Waals surface area contributed by atoms with Gasteiger partial charge in [-0.3, -0.25) is 19.7 Å². The summed E-state index contributed by atoms with van der Waals surface area (Å²) in [5.74, 6) is -0.550. The highest BCUT2D eigenvalue weighted by molar-refractivity contribution is 5.98. The Bertz CT molecular complexity index is 818. The van der Waals surface area contributed by atoms with Crippen LogP contribution in [0.5, 0.6) is 11.5 Å². The van der Waals surface area contributed by atoms with Crippen LogP contribution in [0.15, 0.2) is 18.2 Å². The average molecular weight is 432 g/mol. The van der Waals surface area contributed by atoms with Crippen LogP contribution >= 0.6 is 0 Å². The number of carbonyl (C=O) groups is 4. The molecule has 1 heterocycles. The van der Waals surface area contributed by atoms with Gasteiger partial charge in [0.1, 0.15) is 0 Å². The summed E-state index contributed by atoms with van der Waals surface area (Å²) in [7, 11) is 0. The number of esters is 1. The van der Waals surface area contributed by atoms with Gasteiger partial charge >= 0.3 is 12.0 Å². The van der Waals surface area contributed by atoms with Gasteiger partial charge in [0, 0.05) is 24.4 Å². The highest BCUT2D eigenvalue weighted by Crippen LogP contribution is 2.30. The molecule has 1 fully saturated rings. The van der Waals surface area contributed by atoms with Crippen molar-refractivity contribution in [3.63, 3.8) is 0 Å². The van der Waals surface area contributed by atoms with E-state index in [9.17, 15) is 19.2 Å². The van der Waals surface area contributed by atoms with Crippen LogP contribution in [0.2, 0.25) is 0 Å². The van der Waals surface area contributed by atoms with Crippen molar-refractivity contribution in [2.45, 2.75) is 57.4 Å². The van der Waals surface area contributed by atoms with Crippen LogP contribution < -0.4 is 20.1 Å². The maximum absolute atomic E-state index is 12.4. The SMILES string of the molecule is O=C(COC(=O)CCC(=O)c1ccc2c(c1)OCCCO2)NC(=O)NC1CCCCC1. The fraction of sp³-hybridized carbons (Fsp3) is 0.545. The number of hydrogen-bond acceptors (Lipinski definition) is 7. The van der Waals surface area contributed by atoms with Crippen molar-refractivity contribution >= 4 is 23.7 Å². The Hall–Kier alpha value is -3.10. The molecular formula is C22H28N2O7. The van der Waals surface area contributed by atoms with Gasteiger partial charge in [-0.2, -0.15) is 0 Å². The number of fused-ring (bicyclic) bond motifs is 1. The standard InChI is InChI=1S/C22H28N2O7/c25-17(15-7-9-18-19(13-15)30-12-4-11-29-18)8-10-21(27)31-14-20(26)24-22(28)23-16-5-2-1-3-6-16/h7,9,13,16H,1-6,8,10-12,14H2,(H2,23,24,26,28). The minimum Gasteiger partial charge on any atom is -0.490 e. The van der Waals surface area contributed by atoms with Gasteiger partial charge in [-0.05, 0) is 31.0 Å². The third-order valence-corrected chi connectivity index (χ3v) is 5.18. The predicted molar refractivity (Wildman–Crippen MR) is 110 cm³/mol. The molecule has 0 atom stereocenters. The second-order valence-corrected chi connectivity index (χ2v) is 7.65. The molecule has 3 rings (SSSR count). The van der Waals surface area contributed by atoms with Crippen LogP contribution in [0.3, 0.4) is 0 Å². The molecule has 0 bridgehead atoms. The van der Waals surface area contributed by atoms with Crippen LogP contribution in [-0.4, -0.2) is 49.6 Å². The summed E-state index contributed by atoms with van der Waals surface area (Å²) in [5.41, 5.74) is 0.411. The summed E-state index contributed by atoms with van der Waals surface area (Å²) in [4.78, 5) is 47.8. The van der Waals surface area contributed by atoms with Crippen molar-refractivity contribution in [2.75, 3.05) is 19.8 Å². The lowest BCUT2D eigenvalue weighted by Gasteiger charge is -2.22. The maximum atomic E-state index is 12.4. The van der Waals surface area contributed by atoms with Crippen LogP contribution in [-0.2, 0) is 14.3 Å². The van der Waals surface area contributed by atoms with E-state index in [2.05, 4.69) is 10.6 Å². The number of ether oxygens (including phenoxy) is 3. The van der Waals surface area contributed by atoms with E-state index in [0.717, 1.165) is 38.5 Å². The van der Waals surface area contributed by atoms with Crippen LogP contribution in [0.1, 0.15) is 61.7 Å². The van der Waals surface area contributed by atoms with Gasteiger partial charge in [0.05, 0.1) is 19.6 Å². The van der Waals surface area contributed by atoms with Gasteiger partial charge in [0.25, 0.3) is 5.91 Å². The van der Waals surface area contributed by atoms with E-state index < -0.39 is 24.5 Å². The Balaban J connectivity index is 1.35. The number of Topliss-reactive ketones (excluding diaryl/α,β-unsaturated/α-hetero) is 1. The fourth-order valence-electron chi connectivity index (χ4n) is 3.55. The van der Waals surface area contributed by atoms with E-state index in [1.54, 1.807) is 18.2 Å². The summed E-state index contributed by atoms with van der Waals surface area (Å²) in [5, 5.41) is 4.89. The maximum Gasteiger partial charge on any atom is 0.321 e. The Morgan fingerprint density at radius 3 is 2.45 bits per heavy atom. The largest absolute Gasteiger partial charge is 0.490 e. The van der Waals surface area contributed by atoms with Crippen molar-refractivity contribution in [1.29, 1.82) is 0 Å². The molecule has 1 aromatic rings. The first-order chi connectivity index (χ1) is 15.0.